The van der Waals surface area contributed by atoms with Crippen molar-refractivity contribution < 1.29 is 19.4 Å². The molecule has 2 aromatic heterocycles. The summed E-state index contributed by atoms with van der Waals surface area (Å²) in [5.74, 6) is -0.0994. The number of anilines is 1. The lowest BCUT2D eigenvalue weighted by Gasteiger charge is -2.09. The number of aryl methyl sites for hydroxylation is 2. The molecule has 0 spiro atoms. The maximum absolute atomic E-state index is 12.2. The van der Waals surface area contributed by atoms with Crippen LogP contribution >= 0.6 is 11.3 Å². The highest BCUT2D eigenvalue weighted by molar-refractivity contribution is 7.18. The Morgan fingerprint density at radius 1 is 1.32 bits per heavy atom. The number of rotatable bonds is 4. The third-order valence-electron chi connectivity index (χ3n) is 3.87. The molecule has 3 aromatic rings. The molecular formula is C17H17N3O4S. The first-order chi connectivity index (χ1) is 11.9. The molecular weight excluding hydrogens is 342 g/mol. The number of aromatic nitrogens is 2. The molecule has 2 heterocycles. The summed E-state index contributed by atoms with van der Waals surface area (Å²) in [5, 5.41) is 10.8. The van der Waals surface area contributed by atoms with Crippen molar-refractivity contribution in [3.05, 3.63) is 40.0 Å². The molecule has 0 saturated heterocycles. The van der Waals surface area contributed by atoms with Crippen molar-refractivity contribution >= 4 is 33.3 Å². The number of esters is 1. The molecule has 3 N–H and O–H groups in total. The van der Waals surface area contributed by atoms with E-state index in [4.69, 9.17) is 15.2 Å². The minimum Gasteiger partial charge on any atom is -0.504 e. The van der Waals surface area contributed by atoms with Gasteiger partial charge in [-0.2, -0.15) is 0 Å². The van der Waals surface area contributed by atoms with Gasteiger partial charge in [0.2, 0.25) is 0 Å². The van der Waals surface area contributed by atoms with Crippen LogP contribution in [0.15, 0.2) is 18.2 Å². The van der Waals surface area contributed by atoms with Gasteiger partial charge in [0.15, 0.2) is 23.9 Å². The number of carbonyl (C=O) groups excluding carboxylic acids is 1. The first-order valence-corrected chi connectivity index (χ1v) is 8.29. The fourth-order valence-corrected chi connectivity index (χ4v) is 3.51. The molecule has 0 amide bonds. The van der Waals surface area contributed by atoms with Crippen molar-refractivity contribution in [2.75, 3.05) is 12.8 Å². The summed E-state index contributed by atoms with van der Waals surface area (Å²) < 4.78 is 10.2. The zero-order valence-corrected chi connectivity index (χ0v) is 14.8. The van der Waals surface area contributed by atoms with Crippen LogP contribution < -0.4 is 10.5 Å². The standard InChI is InChI=1S/C17H17N3O4S/c1-8-9(2)25-16-13(8)15(18)19-12(20-16)7-24-17(22)10-5-4-6-11(23-3)14(10)21/h4-6,21H,7H2,1-3H3,(H2,18,19,20). The molecule has 0 aliphatic heterocycles. The zero-order chi connectivity index (χ0) is 18.1. The number of benzene rings is 1. The number of carbonyl (C=O) groups is 1. The van der Waals surface area contributed by atoms with Gasteiger partial charge < -0.3 is 20.3 Å². The SMILES string of the molecule is COc1cccc(C(=O)OCc2nc(N)c3c(C)c(C)sc3n2)c1O. The van der Waals surface area contributed by atoms with Gasteiger partial charge in [-0.25, -0.2) is 14.8 Å². The minimum absolute atomic E-state index is 0.0104. The Morgan fingerprint density at radius 2 is 2.08 bits per heavy atom. The van der Waals surface area contributed by atoms with Crippen molar-refractivity contribution in [1.29, 1.82) is 0 Å². The van der Waals surface area contributed by atoms with Crippen LogP contribution in [0.5, 0.6) is 11.5 Å². The monoisotopic (exact) mass is 359 g/mol. The van der Waals surface area contributed by atoms with Crippen LogP contribution in [0.25, 0.3) is 10.2 Å². The van der Waals surface area contributed by atoms with Crippen molar-refractivity contribution in [3.63, 3.8) is 0 Å². The Kier molecular flexibility index (Phi) is 4.45. The Labute approximate surface area is 148 Å². The van der Waals surface area contributed by atoms with Crippen molar-refractivity contribution in [2.45, 2.75) is 20.5 Å². The molecule has 0 bridgehead atoms. The summed E-state index contributed by atoms with van der Waals surface area (Å²) in [6.45, 7) is 3.82. The Hall–Kier alpha value is -2.87. The van der Waals surface area contributed by atoms with Gasteiger partial charge in [0, 0.05) is 4.88 Å². The highest BCUT2D eigenvalue weighted by Gasteiger charge is 2.18. The van der Waals surface area contributed by atoms with E-state index in [1.54, 1.807) is 12.1 Å². The summed E-state index contributed by atoms with van der Waals surface area (Å²) in [6.07, 6.45) is 0. The van der Waals surface area contributed by atoms with E-state index in [1.165, 1.54) is 24.5 Å². The first kappa shape index (κ1) is 17.0. The highest BCUT2D eigenvalue weighted by Crippen LogP contribution is 2.32. The average molecular weight is 359 g/mol. The van der Waals surface area contributed by atoms with Gasteiger partial charge in [-0.15, -0.1) is 11.3 Å². The average Bonchev–Trinajstić information content (AvgIpc) is 2.87. The lowest BCUT2D eigenvalue weighted by Crippen LogP contribution is -2.09. The van der Waals surface area contributed by atoms with E-state index >= 15 is 0 Å². The number of hydrogen-bond donors (Lipinski definition) is 2. The minimum atomic E-state index is -0.697. The molecule has 0 aliphatic carbocycles. The van der Waals surface area contributed by atoms with Crippen LogP contribution in [0.1, 0.15) is 26.6 Å². The number of phenols is 1. The molecule has 1 aromatic carbocycles. The van der Waals surface area contributed by atoms with E-state index in [0.717, 1.165) is 20.7 Å². The number of aromatic hydroxyl groups is 1. The summed E-state index contributed by atoms with van der Waals surface area (Å²) in [7, 11) is 1.40. The van der Waals surface area contributed by atoms with Gasteiger partial charge in [0.25, 0.3) is 0 Å². The highest BCUT2D eigenvalue weighted by atomic mass is 32.1. The van der Waals surface area contributed by atoms with Gasteiger partial charge in [-0.1, -0.05) is 6.07 Å². The predicted molar refractivity (Wildman–Crippen MR) is 95.1 cm³/mol. The molecule has 3 rings (SSSR count). The fourth-order valence-electron chi connectivity index (χ4n) is 2.45. The molecule has 25 heavy (non-hydrogen) atoms. The lowest BCUT2D eigenvalue weighted by molar-refractivity contribution is 0.0459. The van der Waals surface area contributed by atoms with Crippen molar-refractivity contribution in [1.82, 2.24) is 9.97 Å². The molecule has 130 valence electrons. The second-order valence-corrected chi connectivity index (χ2v) is 6.62. The number of phenolic OH excluding ortho intramolecular Hbond substituents is 1. The van der Waals surface area contributed by atoms with Crippen LogP contribution in [-0.4, -0.2) is 28.2 Å². The summed E-state index contributed by atoms with van der Waals surface area (Å²) >= 11 is 1.52. The normalized spacial score (nSPS) is 10.8. The summed E-state index contributed by atoms with van der Waals surface area (Å²) in [5.41, 5.74) is 7.08. The molecule has 0 saturated carbocycles. The number of para-hydroxylation sites is 1. The number of ether oxygens (including phenoxy) is 2. The van der Waals surface area contributed by atoms with Crippen molar-refractivity contribution in [3.8, 4) is 11.5 Å². The van der Waals surface area contributed by atoms with Gasteiger partial charge in [-0.05, 0) is 31.5 Å². The quantitative estimate of drug-likeness (QED) is 0.690. The maximum atomic E-state index is 12.2. The third-order valence-corrected chi connectivity index (χ3v) is 4.98. The van der Waals surface area contributed by atoms with Gasteiger partial charge in [-0.3, -0.25) is 0 Å². The molecule has 0 fully saturated rings. The number of hydrogen-bond acceptors (Lipinski definition) is 8. The molecule has 0 unspecified atom stereocenters. The van der Waals surface area contributed by atoms with Crippen LogP contribution in [0.3, 0.4) is 0 Å². The fraction of sp³-hybridized carbons (Fsp3) is 0.235. The number of thiophene rings is 1. The Bertz CT molecular complexity index is 968. The zero-order valence-electron chi connectivity index (χ0n) is 14.0. The number of methoxy groups -OCH3 is 1. The van der Waals surface area contributed by atoms with E-state index in [-0.39, 0.29) is 23.7 Å². The third kappa shape index (κ3) is 3.08. The number of nitrogens with zero attached hydrogens (tertiary/aromatic N) is 2. The molecule has 0 radical (unpaired) electrons. The first-order valence-electron chi connectivity index (χ1n) is 7.47. The Morgan fingerprint density at radius 3 is 2.80 bits per heavy atom. The maximum Gasteiger partial charge on any atom is 0.342 e. The molecule has 8 heteroatoms. The molecule has 0 atom stereocenters. The predicted octanol–water partition coefficient (Wildman–Crippen LogP) is 2.96. The number of fused-ring (bicyclic) bond motifs is 1. The van der Waals surface area contributed by atoms with Crippen LogP contribution in [-0.2, 0) is 11.3 Å². The van der Waals surface area contributed by atoms with E-state index < -0.39 is 5.97 Å². The van der Waals surface area contributed by atoms with Crippen LogP contribution in [0, 0.1) is 13.8 Å². The molecule has 7 nitrogen and oxygen atoms in total. The lowest BCUT2D eigenvalue weighted by atomic mass is 10.2. The van der Waals surface area contributed by atoms with Crippen LogP contribution in [0.4, 0.5) is 5.82 Å². The summed E-state index contributed by atoms with van der Waals surface area (Å²) in [6, 6.07) is 4.59. The smallest absolute Gasteiger partial charge is 0.342 e. The van der Waals surface area contributed by atoms with Crippen LogP contribution in [0.2, 0.25) is 0 Å². The van der Waals surface area contributed by atoms with E-state index in [9.17, 15) is 9.90 Å². The second-order valence-electron chi connectivity index (χ2n) is 5.42. The largest absolute Gasteiger partial charge is 0.504 e. The summed E-state index contributed by atoms with van der Waals surface area (Å²) in [4.78, 5) is 22.7. The molecule has 0 aliphatic rings. The van der Waals surface area contributed by atoms with E-state index in [1.807, 2.05) is 13.8 Å². The van der Waals surface area contributed by atoms with Gasteiger partial charge in [0.1, 0.15) is 16.2 Å². The van der Waals surface area contributed by atoms with Gasteiger partial charge >= 0.3 is 5.97 Å². The second kappa shape index (κ2) is 6.56. The Balaban J connectivity index is 1.82. The van der Waals surface area contributed by atoms with E-state index in [0.29, 0.717) is 11.6 Å². The van der Waals surface area contributed by atoms with Gasteiger partial charge in [0.05, 0.1) is 12.5 Å². The number of nitrogen functional groups attached to an aromatic ring is 1. The van der Waals surface area contributed by atoms with Crippen molar-refractivity contribution in [2.24, 2.45) is 0 Å². The number of nitrogens with two attached hydrogens (primary N) is 1. The van der Waals surface area contributed by atoms with E-state index in [2.05, 4.69) is 9.97 Å². The topological polar surface area (TPSA) is 108 Å².